The van der Waals surface area contributed by atoms with E-state index in [4.69, 9.17) is 20.9 Å². The Hall–Kier alpha value is -3.84. The van der Waals surface area contributed by atoms with E-state index in [1.54, 1.807) is 23.0 Å². The molecule has 2 aliphatic heterocycles. The number of benzene rings is 1. The smallest absolute Gasteiger partial charge is 0.320 e. The second-order valence-electron chi connectivity index (χ2n) is 9.41. The van der Waals surface area contributed by atoms with Crippen LogP contribution in [0.3, 0.4) is 0 Å². The lowest BCUT2D eigenvalue weighted by Crippen LogP contribution is -2.54. The van der Waals surface area contributed by atoms with Crippen LogP contribution in [0.25, 0.3) is 0 Å². The lowest BCUT2D eigenvalue weighted by molar-refractivity contribution is 0.0347. The van der Waals surface area contributed by atoms with Crippen molar-refractivity contribution in [1.82, 2.24) is 29.5 Å². The maximum absolute atomic E-state index is 13.3. The minimum atomic E-state index is -0.371. The third-order valence-corrected chi connectivity index (χ3v) is 7.62. The molecule has 0 spiro atoms. The second kappa shape index (κ2) is 11.3. The summed E-state index contributed by atoms with van der Waals surface area (Å²) < 4.78 is 6.67. The quantitative estimate of drug-likeness (QED) is 0.320. The number of nitrogens with zero attached hydrogens (tertiary/aromatic N) is 6. The second-order valence-corrected chi connectivity index (χ2v) is 10.1. The summed E-state index contributed by atoms with van der Waals surface area (Å²) in [4.78, 5) is 39.2. The summed E-state index contributed by atoms with van der Waals surface area (Å²) in [6.07, 6.45) is 1.64. The van der Waals surface area contributed by atoms with Crippen LogP contribution in [0.15, 0.2) is 35.2 Å². The predicted molar refractivity (Wildman–Crippen MR) is 143 cm³/mol. The molecule has 0 aliphatic carbocycles. The number of morpholine rings is 1. The maximum Gasteiger partial charge on any atom is 0.320 e. The number of hydrogen-bond acceptors (Lipinski definition) is 9. The molecule has 0 bridgehead atoms. The molecule has 2 saturated heterocycles. The van der Waals surface area contributed by atoms with E-state index in [-0.39, 0.29) is 29.7 Å². The number of amides is 2. The Balaban J connectivity index is 1.38. The van der Waals surface area contributed by atoms with Crippen molar-refractivity contribution in [2.75, 3.05) is 38.2 Å². The highest BCUT2D eigenvalue weighted by atomic mass is 32.1. The van der Waals surface area contributed by atoms with Crippen molar-refractivity contribution < 1.29 is 14.3 Å². The lowest BCUT2D eigenvalue weighted by atomic mass is 9.89. The van der Waals surface area contributed by atoms with Crippen molar-refractivity contribution >= 4 is 35.1 Å². The zero-order chi connectivity index (χ0) is 26.6. The lowest BCUT2D eigenvalue weighted by Gasteiger charge is -2.41. The van der Waals surface area contributed by atoms with Crippen LogP contribution in [0, 0.1) is 5.41 Å². The summed E-state index contributed by atoms with van der Waals surface area (Å²) in [6.45, 7) is 5.36. The van der Waals surface area contributed by atoms with Gasteiger partial charge in [0.1, 0.15) is 11.5 Å². The number of nitrogens with two attached hydrogens (primary N) is 1. The van der Waals surface area contributed by atoms with E-state index in [9.17, 15) is 9.59 Å². The Morgan fingerprint density at radius 2 is 1.97 bits per heavy atom. The Morgan fingerprint density at radius 3 is 2.66 bits per heavy atom. The maximum atomic E-state index is 13.3. The summed E-state index contributed by atoms with van der Waals surface area (Å²) >= 11 is 1.34. The highest BCUT2D eigenvalue weighted by molar-refractivity contribution is 7.07. The van der Waals surface area contributed by atoms with Gasteiger partial charge in [0.05, 0.1) is 18.7 Å². The first-order chi connectivity index (χ1) is 18.4. The van der Waals surface area contributed by atoms with Crippen molar-refractivity contribution in [2.45, 2.75) is 38.3 Å². The van der Waals surface area contributed by atoms with Crippen molar-refractivity contribution in [3.05, 3.63) is 57.8 Å². The van der Waals surface area contributed by atoms with Crippen LogP contribution in [-0.4, -0.2) is 86.2 Å². The molecule has 200 valence electrons. The molecule has 1 aromatic carbocycles. The van der Waals surface area contributed by atoms with Gasteiger partial charge in [-0.25, -0.2) is 9.78 Å². The van der Waals surface area contributed by atoms with Crippen LogP contribution in [0.2, 0.25) is 0 Å². The molecule has 12 nitrogen and oxygen atoms in total. The fraction of sp³-hybridized carbons (Fsp3) is 0.440. The third-order valence-electron chi connectivity index (χ3n) is 7.03. The zero-order valence-electron chi connectivity index (χ0n) is 21.2. The number of rotatable bonds is 6. The molecular weight excluding hydrogens is 506 g/mol. The van der Waals surface area contributed by atoms with Gasteiger partial charge < -0.3 is 25.6 Å². The molecular formula is C25H31N9O3S. The normalized spacial score (nSPS) is 19.8. The number of anilines is 1. The van der Waals surface area contributed by atoms with Gasteiger partial charge in [-0.2, -0.15) is 9.67 Å². The van der Waals surface area contributed by atoms with Crippen LogP contribution in [0.5, 0.6) is 0 Å². The first-order valence-electron chi connectivity index (χ1n) is 12.6. The molecule has 2 fully saturated rings. The van der Waals surface area contributed by atoms with Crippen molar-refractivity contribution in [2.24, 2.45) is 5.73 Å². The molecule has 2 atom stereocenters. The number of hydrogen-bond donors (Lipinski definition) is 3. The van der Waals surface area contributed by atoms with E-state index in [0.29, 0.717) is 62.4 Å². The number of nitrogen functional groups attached to an aromatic ring is 1. The number of amidine groups is 1. The molecule has 4 N–H and O–H groups in total. The van der Waals surface area contributed by atoms with Crippen LogP contribution in [0.4, 0.5) is 10.7 Å². The first kappa shape index (κ1) is 25.8. The summed E-state index contributed by atoms with van der Waals surface area (Å²) in [6, 6.07) is 7.17. The highest BCUT2D eigenvalue weighted by Gasteiger charge is 2.37. The SMILES string of the molecule is CC1C(c2nc(NCc3ccc(C(=N)N)cc3)n(C(=O)c3cscn3)n2)CCCN1C(=O)N1CCOCC1. The summed E-state index contributed by atoms with van der Waals surface area (Å²) in [7, 11) is 0. The van der Waals surface area contributed by atoms with Crippen molar-refractivity contribution in [3.63, 3.8) is 0 Å². The van der Waals surface area contributed by atoms with Gasteiger partial charge in [0.25, 0.3) is 0 Å². The predicted octanol–water partition coefficient (Wildman–Crippen LogP) is 2.34. The minimum absolute atomic E-state index is 0.00509. The number of nitrogens with one attached hydrogen (secondary N) is 2. The fourth-order valence-electron chi connectivity index (χ4n) is 4.85. The standard InChI is InChI=1S/C25H31N9O3S/c1-16-19(3-2-8-33(16)25(36)32-9-11-37-12-10-32)22-30-24(34(31-22)23(35)20-14-38-15-29-20)28-13-17-4-6-18(7-5-17)21(26)27/h4-7,14-16,19H,2-3,8-13H2,1H3,(H3,26,27)(H,28,30,31). The van der Waals surface area contributed by atoms with E-state index in [0.717, 1.165) is 18.4 Å². The highest BCUT2D eigenvalue weighted by Crippen LogP contribution is 2.32. The van der Waals surface area contributed by atoms with Gasteiger partial charge in [-0.05, 0) is 25.3 Å². The Kier molecular flexibility index (Phi) is 7.65. The number of aromatic nitrogens is 4. The monoisotopic (exact) mass is 537 g/mol. The average molecular weight is 538 g/mol. The molecule has 5 rings (SSSR count). The summed E-state index contributed by atoms with van der Waals surface area (Å²) in [5.41, 5.74) is 9.02. The molecule has 0 radical (unpaired) electrons. The van der Waals surface area contributed by atoms with Crippen molar-refractivity contribution in [3.8, 4) is 0 Å². The van der Waals surface area contributed by atoms with Crippen LogP contribution in [-0.2, 0) is 11.3 Å². The van der Waals surface area contributed by atoms with E-state index in [1.807, 2.05) is 28.9 Å². The van der Waals surface area contributed by atoms with E-state index in [2.05, 4.69) is 15.4 Å². The van der Waals surface area contributed by atoms with E-state index < -0.39 is 0 Å². The molecule has 2 aliphatic rings. The van der Waals surface area contributed by atoms with Crippen molar-refractivity contribution in [1.29, 1.82) is 5.41 Å². The topological polar surface area (TPSA) is 155 Å². The minimum Gasteiger partial charge on any atom is -0.384 e. The largest absolute Gasteiger partial charge is 0.384 e. The zero-order valence-corrected chi connectivity index (χ0v) is 22.0. The molecule has 2 unspecified atom stereocenters. The first-order valence-corrected chi connectivity index (χ1v) is 13.6. The number of piperidine rings is 1. The number of likely N-dealkylation sites (tertiary alicyclic amines) is 1. The van der Waals surface area contributed by atoms with E-state index >= 15 is 0 Å². The molecule has 38 heavy (non-hydrogen) atoms. The number of thiazole rings is 1. The molecule has 0 saturated carbocycles. The number of carbonyl (C=O) groups is 2. The van der Waals surface area contributed by atoms with Gasteiger partial charge in [0.2, 0.25) is 5.95 Å². The van der Waals surface area contributed by atoms with Crippen LogP contribution < -0.4 is 11.1 Å². The van der Waals surface area contributed by atoms with Gasteiger partial charge in [-0.1, -0.05) is 24.3 Å². The van der Waals surface area contributed by atoms with Gasteiger partial charge >= 0.3 is 11.9 Å². The molecule has 2 aromatic heterocycles. The number of ether oxygens (including phenoxy) is 1. The van der Waals surface area contributed by atoms with Gasteiger partial charge in [-0.15, -0.1) is 16.4 Å². The molecule has 2 amide bonds. The van der Waals surface area contributed by atoms with Gasteiger partial charge in [-0.3, -0.25) is 10.2 Å². The summed E-state index contributed by atoms with van der Waals surface area (Å²) in [5.74, 6) is 0.357. The molecule has 13 heteroatoms. The average Bonchev–Trinajstić information content (AvgIpc) is 3.63. The Labute approximate surface area is 224 Å². The van der Waals surface area contributed by atoms with Crippen LogP contribution >= 0.6 is 11.3 Å². The molecule has 3 aromatic rings. The van der Waals surface area contributed by atoms with Crippen LogP contribution in [0.1, 0.15) is 53.1 Å². The van der Waals surface area contributed by atoms with Gasteiger partial charge in [0.15, 0.2) is 5.82 Å². The number of urea groups is 1. The van der Waals surface area contributed by atoms with E-state index in [1.165, 1.54) is 16.0 Å². The molecule has 4 heterocycles. The Bertz CT molecular complexity index is 1290. The fourth-order valence-corrected chi connectivity index (χ4v) is 5.37. The summed E-state index contributed by atoms with van der Waals surface area (Å²) in [5, 5.41) is 17.1. The third kappa shape index (κ3) is 5.38. The Morgan fingerprint density at radius 1 is 1.21 bits per heavy atom. The van der Waals surface area contributed by atoms with Gasteiger partial charge in [0, 0.05) is 49.1 Å². The number of carbonyl (C=O) groups excluding carboxylic acids is 2.